The number of carbonyl (C=O) groups is 1. The first-order valence-corrected chi connectivity index (χ1v) is 6.79. The minimum Gasteiger partial charge on any atom is -0.368 e. The van der Waals surface area contributed by atoms with Crippen LogP contribution in [0, 0.1) is 6.92 Å². The number of nitrogens with one attached hydrogen (secondary N) is 1. The molecule has 0 bridgehead atoms. The van der Waals surface area contributed by atoms with E-state index in [1.165, 1.54) is 0 Å². The number of para-hydroxylation sites is 1. The van der Waals surface area contributed by atoms with Gasteiger partial charge < -0.3 is 11.1 Å². The maximum Gasteiger partial charge on any atom is 0.247 e. The van der Waals surface area contributed by atoms with E-state index >= 15 is 0 Å². The molecule has 3 heteroatoms. The lowest BCUT2D eigenvalue weighted by molar-refractivity contribution is -0.122. The Morgan fingerprint density at radius 3 is 2.20 bits per heavy atom. The molecular weight excluding hydrogens is 248 g/mol. The highest BCUT2D eigenvalue weighted by Crippen LogP contribution is 2.30. The van der Waals surface area contributed by atoms with Crippen molar-refractivity contribution in [2.45, 2.75) is 25.8 Å². The summed E-state index contributed by atoms with van der Waals surface area (Å²) in [6.07, 6.45) is 0.584. The average Bonchev–Trinajstić information content (AvgIpc) is 2.46. The van der Waals surface area contributed by atoms with E-state index in [4.69, 9.17) is 5.73 Å². The van der Waals surface area contributed by atoms with Crippen LogP contribution < -0.4 is 11.1 Å². The largest absolute Gasteiger partial charge is 0.368 e. The molecule has 3 nitrogen and oxygen atoms in total. The van der Waals surface area contributed by atoms with Crippen LogP contribution in [0.5, 0.6) is 0 Å². The molecule has 20 heavy (non-hydrogen) atoms. The van der Waals surface area contributed by atoms with Crippen LogP contribution in [0.3, 0.4) is 0 Å². The van der Waals surface area contributed by atoms with Crippen molar-refractivity contribution in [3.63, 3.8) is 0 Å². The normalized spacial score (nSPS) is 13.5. The quantitative estimate of drug-likeness (QED) is 0.875. The van der Waals surface area contributed by atoms with Crippen LogP contribution in [-0.2, 0) is 10.3 Å². The van der Waals surface area contributed by atoms with Gasteiger partial charge in [-0.15, -0.1) is 0 Å². The Morgan fingerprint density at radius 2 is 1.70 bits per heavy atom. The van der Waals surface area contributed by atoms with E-state index in [9.17, 15) is 4.79 Å². The van der Waals surface area contributed by atoms with E-state index in [-0.39, 0.29) is 5.91 Å². The van der Waals surface area contributed by atoms with Crippen LogP contribution in [0.25, 0.3) is 0 Å². The Labute approximate surface area is 119 Å². The third-order valence-electron chi connectivity index (χ3n) is 3.63. The van der Waals surface area contributed by atoms with Crippen LogP contribution in [0.2, 0.25) is 0 Å². The maximum atomic E-state index is 12.1. The summed E-state index contributed by atoms with van der Waals surface area (Å²) in [5.41, 5.74) is 7.75. The summed E-state index contributed by atoms with van der Waals surface area (Å²) in [4.78, 5) is 12.1. The van der Waals surface area contributed by atoms with Crippen molar-refractivity contribution in [2.24, 2.45) is 5.73 Å². The fourth-order valence-electron chi connectivity index (χ4n) is 2.35. The van der Waals surface area contributed by atoms with E-state index in [0.29, 0.717) is 6.42 Å². The van der Waals surface area contributed by atoms with Gasteiger partial charge in [0.05, 0.1) is 0 Å². The highest BCUT2D eigenvalue weighted by molar-refractivity contribution is 5.89. The van der Waals surface area contributed by atoms with Gasteiger partial charge in [0.15, 0.2) is 0 Å². The second kappa shape index (κ2) is 5.78. The summed E-state index contributed by atoms with van der Waals surface area (Å²) in [7, 11) is 0. The molecule has 0 spiro atoms. The zero-order chi connectivity index (χ0) is 14.6. The molecule has 0 aliphatic rings. The first kappa shape index (κ1) is 14.1. The molecule has 0 aliphatic heterocycles. The number of benzene rings is 2. The van der Waals surface area contributed by atoms with E-state index < -0.39 is 5.54 Å². The van der Waals surface area contributed by atoms with Crippen LogP contribution in [0.15, 0.2) is 54.6 Å². The smallest absolute Gasteiger partial charge is 0.247 e. The summed E-state index contributed by atoms with van der Waals surface area (Å²) in [6.45, 7) is 3.98. The zero-order valence-corrected chi connectivity index (χ0v) is 11.9. The lowest BCUT2D eigenvalue weighted by Gasteiger charge is -2.32. The zero-order valence-electron chi connectivity index (χ0n) is 11.9. The van der Waals surface area contributed by atoms with Gasteiger partial charge >= 0.3 is 0 Å². The lowest BCUT2D eigenvalue weighted by Crippen LogP contribution is -2.47. The predicted molar refractivity (Wildman–Crippen MR) is 82.4 cm³/mol. The topological polar surface area (TPSA) is 55.1 Å². The molecule has 2 aromatic rings. The van der Waals surface area contributed by atoms with Gasteiger partial charge in [-0.3, -0.25) is 4.79 Å². The number of hydrogen-bond donors (Lipinski definition) is 2. The van der Waals surface area contributed by atoms with Crippen molar-refractivity contribution >= 4 is 11.6 Å². The van der Waals surface area contributed by atoms with Gasteiger partial charge in [-0.25, -0.2) is 0 Å². The molecule has 3 N–H and O–H groups in total. The Bertz CT molecular complexity index is 578. The average molecular weight is 268 g/mol. The lowest BCUT2D eigenvalue weighted by atomic mass is 9.85. The SMILES string of the molecule is CCC(Nc1ccccc1)(C(N)=O)c1ccc(C)cc1. The minimum atomic E-state index is -0.880. The molecule has 0 heterocycles. The van der Waals surface area contributed by atoms with Gasteiger partial charge in [0.25, 0.3) is 0 Å². The fourth-order valence-corrected chi connectivity index (χ4v) is 2.35. The summed E-state index contributed by atoms with van der Waals surface area (Å²) in [6, 6.07) is 17.6. The molecular formula is C17H20N2O. The molecule has 2 rings (SSSR count). The van der Waals surface area contributed by atoms with Crippen molar-refractivity contribution < 1.29 is 4.79 Å². The first-order valence-electron chi connectivity index (χ1n) is 6.79. The molecule has 0 saturated carbocycles. The highest BCUT2D eigenvalue weighted by atomic mass is 16.1. The number of primary amides is 1. The fraction of sp³-hybridized carbons (Fsp3) is 0.235. The molecule has 1 unspecified atom stereocenters. The molecule has 0 radical (unpaired) electrons. The van der Waals surface area contributed by atoms with E-state index in [1.54, 1.807) is 0 Å². The first-order chi connectivity index (χ1) is 9.58. The van der Waals surface area contributed by atoms with Crippen LogP contribution in [0.1, 0.15) is 24.5 Å². The van der Waals surface area contributed by atoms with Crippen molar-refractivity contribution in [1.29, 1.82) is 0 Å². The van der Waals surface area contributed by atoms with E-state index in [0.717, 1.165) is 16.8 Å². The van der Waals surface area contributed by atoms with Crippen molar-refractivity contribution in [3.05, 3.63) is 65.7 Å². The van der Waals surface area contributed by atoms with Crippen molar-refractivity contribution in [3.8, 4) is 0 Å². The molecule has 1 amide bonds. The predicted octanol–water partition coefficient (Wildman–Crippen LogP) is 3.20. The minimum absolute atomic E-state index is 0.368. The standard InChI is InChI=1S/C17H20N2O/c1-3-17(16(18)20,14-11-9-13(2)10-12-14)19-15-7-5-4-6-8-15/h4-12,19H,3H2,1-2H3,(H2,18,20). The van der Waals surface area contributed by atoms with Crippen LogP contribution in [0.4, 0.5) is 5.69 Å². The van der Waals surface area contributed by atoms with Gasteiger partial charge in [-0.1, -0.05) is 55.0 Å². The maximum absolute atomic E-state index is 12.1. The molecule has 0 aromatic heterocycles. The molecule has 0 saturated heterocycles. The highest BCUT2D eigenvalue weighted by Gasteiger charge is 2.36. The Hall–Kier alpha value is -2.29. The number of carbonyl (C=O) groups excluding carboxylic acids is 1. The van der Waals surface area contributed by atoms with Gasteiger partial charge in [-0.2, -0.15) is 0 Å². The van der Waals surface area contributed by atoms with Gasteiger partial charge in [0.2, 0.25) is 5.91 Å². The van der Waals surface area contributed by atoms with Crippen LogP contribution in [-0.4, -0.2) is 5.91 Å². The Morgan fingerprint density at radius 1 is 1.10 bits per heavy atom. The van der Waals surface area contributed by atoms with E-state index in [2.05, 4.69) is 5.32 Å². The molecule has 0 fully saturated rings. The molecule has 2 aromatic carbocycles. The molecule has 0 aliphatic carbocycles. The summed E-state index contributed by atoms with van der Waals surface area (Å²) in [5, 5.41) is 3.30. The van der Waals surface area contributed by atoms with Gasteiger partial charge in [0.1, 0.15) is 5.54 Å². The van der Waals surface area contributed by atoms with Crippen molar-refractivity contribution in [2.75, 3.05) is 5.32 Å². The molecule has 1 atom stereocenters. The molecule has 104 valence electrons. The summed E-state index contributed by atoms with van der Waals surface area (Å²) >= 11 is 0. The number of amides is 1. The number of nitrogens with two attached hydrogens (primary N) is 1. The summed E-state index contributed by atoms with van der Waals surface area (Å²) in [5.74, 6) is -0.368. The number of hydrogen-bond acceptors (Lipinski definition) is 2. The van der Waals surface area contributed by atoms with Crippen molar-refractivity contribution in [1.82, 2.24) is 0 Å². The Kier molecular flexibility index (Phi) is 4.08. The third-order valence-corrected chi connectivity index (χ3v) is 3.63. The van der Waals surface area contributed by atoms with Crippen LogP contribution >= 0.6 is 0 Å². The monoisotopic (exact) mass is 268 g/mol. The van der Waals surface area contributed by atoms with E-state index in [1.807, 2.05) is 68.4 Å². The third kappa shape index (κ3) is 2.67. The second-order valence-corrected chi connectivity index (χ2v) is 4.98. The van der Waals surface area contributed by atoms with Gasteiger partial charge in [0, 0.05) is 5.69 Å². The number of anilines is 1. The Balaban J connectivity index is 2.45. The number of aryl methyl sites for hydroxylation is 1. The summed E-state index contributed by atoms with van der Waals surface area (Å²) < 4.78 is 0. The second-order valence-electron chi connectivity index (χ2n) is 4.98. The number of rotatable bonds is 5. The van der Waals surface area contributed by atoms with Gasteiger partial charge in [-0.05, 0) is 31.0 Å².